The number of nitrogens with one attached hydrogen (secondary N) is 1. The van der Waals surface area contributed by atoms with Gasteiger partial charge in [0.1, 0.15) is 0 Å². The highest BCUT2D eigenvalue weighted by Gasteiger charge is 2.54. The third-order valence-corrected chi connectivity index (χ3v) is 6.79. The molecular formula is C18H29NO. The minimum Gasteiger partial charge on any atom is -0.353 e. The fourth-order valence-corrected chi connectivity index (χ4v) is 6.29. The highest BCUT2D eigenvalue weighted by molar-refractivity contribution is 5.83. The summed E-state index contributed by atoms with van der Waals surface area (Å²) in [4.78, 5) is 13.0. The van der Waals surface area contributed by atoms with Crippen molar-refractivity contribution in [3.8, 4) is 0 Å². The van der Waals surface area contributed by atoms with E-state index in [-0.39, 0.29) is 5.41 Å². The van der Waals surface area contributed by atoms with E-state index in [1.807, 2.05) is 0 Å². The van der Waals surface area contributed by atoms with Crippen molar-refractivity contribution in [1.29, 1.82) is 0 Å². The number of carbonyl (C=O) groups is 1. The van der Waals surface area contributed by atoms with Crippen LogP contribution in [-0.2, 0) is 4.79 Å². The normalized spacial score (nSPS) is 50.1. The largest absolute Gasteiger partial charge is 0.353 e. The van der Waals surface area contributed by atoms with E-state index in [0.717, 1.165) is 23.7 Å². The van der Waals surface area contributed by atoms with Crippen molar-refractivity contribution >= 4 is 5.91 Å². The van der Waals surface area contributed by atoms with Gasteiger partial charge in [-0.15, -0.1) is 0 Å². The molecule has 5 rings (SSSR count). The molecule has 1 N–H and O–H groups in total. The Morgan fingerprint density at radius 3 is 2.10 bits per heavy atom. The Morgan fingerprint density at radius 1 is 0.950 bits per heavy atom. The zero-order chi connectivity index (χ0) is 13.7. The van der Waals surface area contributed by atoms with Gasteiger partial charge >= 0.3 is 0 Å². The second kappa shape index (κ2) is 4.74. The van der Waals surface area contributed by atoms with Crippen molar-refractivity contribution in [3.05, 3.63) is 0 Å². The highest BCUT2D eigenvalue weighted by atomic mass is 16.2. The van der Waals surface area contributed by atoms with Gasteiger partial charge in [-0.25, -0.2) is 0 Å². The maximum Gasteiger partial charge on any atom is 0.226 e. The van der Waals surface area contributed by atoms with Crippen molar-refractivity contribution < 1.29 is 4.79 Å². The van der Waals surface area contributed by atoms with Gasteiger partial charge in [0.05, 0.1) is 0 Å². The molecule has 0 heterocycles. The zero-order valence-electron chi connectivity index (χ0n) is 12.9. The molecule has 2 heteroatoms. The lowest BCUT2D eigenvalue weighted by molar-refractivity contribution is -0.147. The Morgan fingerprint density at radius 2 is 1.55 bits per heavy atom. The molecule has 0 unspecified atom stereocenters. The fraction of sp³-hybridized carbons (Fsp3) is 0.944. The van der Waals surface area contributed by atoms with Crippen LogP contribution in [0.1, 0.15) is 71.1 Å². The average molecular weight is 275 g/mol. The number of hydrogen-bond donors (Lipinski definition) is 1. The van der Waals surface area contributed by atoms with Gasteiger partial charge in [-0.3, -0.25) is 4.79 Å². The van der Waals surface area contributed by atoms with Crippen LogP contribution in [0.4, 0.5) is 0 Å². The van der Waals surface area contributed by atoms with E-state index < -0.39 is 0 Å². The molecule has 0 aromatic heterocycles. The third-order valence-electron chi connectivity index (χ3n) is 6.79. The molecule has 112 valence electrons. The third kappa shape index (κ3) is 2.19. The molecule has 1 amide bonds. The molecule has 2 nitrogen and oxygen atoms in total. The van der Waals surface area contributed by atoms with Crippen molar-refractivity contribution in [2.45, 2.75) is 77.2 Å². The highest BCUT2D eigenvalue weighted by Crippen LogP contribution is 2.60. The van der Waals surface area contributed by atoms with E-state index in [2.05, 4.69) is 12.2 Å². The van der Waals surface area contributed by atoms with Crippen LogP contribution in [0, 0.1) is 29.1 Å². The molecule has 5 saturated carbocycles. The van der Waals surface area contributed by atoms with Gasteiger partial charge in [0.25, 0.3) is 0 Å². The lowest BCUT2D eigenvalue weighted by Gasteiger charge is -2.56. The molecule has 5 fully saturated rings. The topological polar surface area (TPSA) is 29.1 Å². The van der Waals surface area contributed by atoms with Gasteiger partial charge in [0.2, 0.25) is 5.91 Å². The summed E-state index contributed by atoms with van der Waals surface area (Å²) in [7, 11) is 0. The maximum atomic E-state index is 13.0. The zero-order valence-corrected chi connectivity index (χ0v) is 12.9. The molecule has 0 radical (unpaired) electrons. The summed E-state index contributed by atoms with van der Waals surface area (Å²) in [6.07, 6.45) is 12.9. The Hall–Kier alpha value is -0.530. The van der Waals surface area contributed by atoms with Gasteiger partial charge in [-0.05, 0) is 75.0 Å². The number of hydrogen-bond acceptors (Lipinski definition) is 1. The van der Waals surface area contributed by atoms with Crippen LogP contribution in [-0.4, -0.2) is 11.9 Å². The van der Waals surface area contributed by atoms with Gasteiger partial charge in [-0.2, -0.15) is 0 Å². The summed E-state index contributed by atoms with van der Waals surface area (Å²) >= 11 is 0. The first-order chi connectivity index (χ1) is 9.63. The van der Waals surface area contributed by atoms with E-state index in [9.17, 15) is 4.79 Å². The average Bonchev–Trinajstić information content (AvgIpc) is 2.37. The van der Waals surface area contributed by atoms with Crippen LogP contribution in [0.25, 0.3) is 0 Å². The molecular weight excluding hydrogens is 246 g/mol. The number of amides is 1. The maximum absolute atomic E-state index is 13.0. The van der Waals surface area contributed by atoms with Crippen molar-refractivity contribution in [3.63, 3.8) is 0 Å². The second-order valence-electron chi connectivity index (χ2n) is 8.64. The van der Waals surface area contributed by atoms with Crippen molar-refractivity contribution in [2.75, 3.05) is 0 Å². The quantitative estimate of drug-likeness (QED) is 0.813. The fourth-order valence-electron chi connectivity index (χ4n) is 6.29. The molecule has 0 saturated heterocycles. The smallest absolute Gasteiger partial charge is 0.226 e. The van der Waals surface area contributed by atoms with Crippen LogP contribution < -0.4 is 5.32 Å². The molecule has 5 aliphatic carbocycles. The summed E-state index contributed by atoms with van der Waals surface area (Å²) in [5.41, 5.74) is 0.0510. The molecule has 2 atom stereocenters. The molecule has 4 bridgehead atoms. The van der Waals surface area contributed by atoms with Crippen molar-refractivity contribution in [2.24, 2.45) is 29.1 Å². The van der Waals surface area contributed by atoms with Gasteiger partial charge in [0, 0.05) is 11.5 Å². The molecule has 0 spiro atoms. The van der Waals surface area contributed by atoms with Gasteiger partial charge in [0.15, 0.2) is 0 Å². The number of rotatable bonds is 2. The predicted molar refractivity (Wildman–Crippen MR) is 80.2 cm³/mol. The van der Waals surface area contributed by atoms with E-state index in [0.29, 0.717) is 11.9 Å². The standard InChI is InChI=1S/C18H29NO/c1-12-3-2-4-16(5-12)19-17(20)18-9-13-6-14(10-18)8-15(7-13)11-18/h12-16H,2-11H2,1H3,(H,19,20)/t12-,13?,14?,15?,16+,18?/m0/s1. The first-order valence-electron chi connectivity index (χ1n) is 8.94. The molecule has 0 aliphatic heterocycles. The summed E-state index contributed by atoms with van der Waals surface area (Å²) in [5, 5.41) is 3.47. The Labute approximate surface area is 123 Å². The Balaban J connectivity index is 1.45. The van der Waals surface area contributed by atoms with Crippen LogP contribution in [0.15, 0.2) is 0 Å². The van der Waals surface area contributed by atoms with Crippen LogP contribution in [0.5, 0.6) is 0 Å². The van der Waals surface area contributed by atoms with Gasteiger partial charge < -0.3 is 5.32 Å². The summed E-state index contributed by atoms with van der Waals surface area (Å²) in [6.45, 7) is 2.34. The molecule has 0 aromatic carbocycles. The van der Waals surface area contributed by atoms with Crippen molar-refractivity contribution in [1.82, 2.24) is 5.32 Å². The Bertz CT molecular complexity index is 367. The summed E-state index contributed by atoms with van der Waals surface area (Å²) in [6, 6.07) is 0.472. The first kappa shape index (κ1) is 13.2. The van der Waals surface area contributed by atoms with E-state index in [1.54, 1.807) is 0 Å². The first-order valence-corrected chi connectivity index (χ1v) is 8.94. The SMILES string of the molecule is C[C@H]1CCC[C@@H](NC(=O)C23CC4CC(CC(C4)C2)C3)C1. The second-order valence-corrected chi connectivity index (χ2v) is 8.64. The summed E-state index contributed by atoms with van der Waals surface area (Å²) in [5.74, 6) is 3.85. The van der Waals surface area contributed by atoms with E-state index in [4.69, 9.17) is 0 Å². The van der Waals surface area contributed by atoms with Gasteiger partial charge in [-0.1, -0.05) is 19.8 Å². The van der Waals surface area contributed by atoms with Crippen LogP contribution >= 0.6 is 0 Å². The summed E-state index contributed by atoms with van der Waals surface area (Å²) < 4.78 is 0. The number of carbonyl (C=O) groups excluding carboxylic acids is 1. The molecule has 5 aliphatic rings. The molecule has 20 heavy (non-hydrogen) atoms. The minimum atomic E-state index is 0.0510. The molecule has 0 aromatic rings. The van der Waals surface area contributed by atoms with E-state index in [1.165, 1.54) is 64.2 Å². The monoisotopic (exact) mass is 275 g/mol. The van der Waals surface area contributed by atoms with Crippen LogP contribution in [0.2, 0.25) is 0 Å². The van der Waals surface area contributed by atoms with E-state index >= 15 is 0 Å². The minimum absolute atomic E-state index is 0.0510. The predicted octanol–water partition coefficient (Wildman–Crippen LogP) is 3.90. The lowest BCUT2D eigenvalue weighted by Crippen LogP contribution is -2.55. The Kier molecular flexibility index (Phi) is 3.12. The lowest BCUT2D eigenvalue weighted by atomic mass is 9.49. The van der Waals surface area contributed by atoms with Crippen LogP contribution in [0.3, 0.4) is 0 Å².